The van der Waals surface area contributed by atoms with E-state index in [0.717, 1.165) is 12.8 Å². The van der Waals surface area contributed by atoms with Gasteiger partial charge in [0.25, 0.3) is 0 Å². The van der Waals surface area contributed by atoms with E-state index < -0.39 is 6.10 Å². The van der Waals surface area contributed by atoms with Crippen LogP contribution in [0.2, 0.25) is 0 Å². The second-order valence-corrected chi connectivity index (χ2v) is 6.85. The van der Waals surface area contributed by atoms with Gasteiger partial charge in [-0.25, -0.2) is 0 Å². The Kier molecular flexibility index (Phi) is 18.8. The highest BCUT2D eigenvalue weighted by molar-refractivity contribution is 5.69. The summed E-state index contributed by atoms with van der Waals surface area (Å²) in [6.45, 7) is 1.76. The number of allylic oxidation sites excluding steroid dienone is 2. The van der Waals surface area contributed by atoms with Gasteiger partial charge in [-0.05, 0) is 32.1 Å². The molecule has 0 saturated heterocycles. The Morgan fingerprint density at radius 1 is 0.880 bits per heavy atom. The topological polar surface area (TPSA) is 66.8 Å². The smallest absolute Gasteiger partial charge is 0.305 e. The predicted octanol–water partition coefficient (Wildman–Crippen LogP) is 4.92. The molecule has 0 aliphatic heterocycles. The van der Waals surface area contributed by atoms with Gasteiger partial charge in [0.05, 0.1) is 6.61 Å². The van der Waals surface area contributed by atoms with Crippen LogP contribution in [0.25, 0.3) is 0 Å². The summed E-state index contributed by atoms with van der Waals surface area (Å²) in [7, 11) is 0. The van der Waals surface area contributed by atoms with E-state index >= 15 is 0 Å². The Labute approximate surface area is 154 Å². The lowest BCUT2D eigenvalue weighted by Crippen LogP contribution is -2.21. The summed E-state index contributed by atoms with van der Waals surface area (Å²) in [6, 6.07) is 0. The van der Waals surface area contributed by atoms with E-state index in [4.69, 9.17) is 14.9 Å². The number of aliphatic hydroxyl groups is 2. The molecule has 0 unspecified atom stereocenters. The number of hydrogen-bond donors (Lipinski definition) is 2. The number of carbonyl (C=O) groups excluding carboxylic acids is 1. The number of unbranched alkanes of at least 4 members (excludes halogenated alkanes) is 11. The lowest BCUT2D eigenvalue weighted by atomic mass is 10.1. The largest absolute Gasteiger partial charge is 0.463 e. The number of carbonyl (C=O) groups is 1. The molecule has 0 aliphatic rings. The van der Waals surface area contributed by atoms with Crippen LogP contribution < -0.4 is 0 Å². The maximum atomic E-state index is 11.4. The number of rotatable bonds is 18. The van der Waals surface area contributed by atoms with Gasteiger partial charge >= 0.3 is 5.97 Å². The molecule has 0 fully saturated rings. The Bertz CT molecular complexity index is 315. The Balaban J connectivity index is 3.20. The average Bonchev–Trinajstić information content (AvgIpc) is 2.62. The van der Waals surface area contributed by atoms with Crippen LogP contribution in [-0.4, -0.2) is 35.5 Å². The van der Waals surface area contributed by atoms with E-state index in [9.17, 15) is 4.79 Å². The third kappa shape index (κ3) is 19.3. The molecular weight excluding hydrogens is 316 g/mol. The van der Waals surface area contributed by atoms with Crippen molar-refractivity contribution in [3.05, 3.63) is 12.2 Å². The third-order valence-electron chi connectivity index (χ3n) is 4.29. The van der Waals surface area contributed by atoms with Crippen molar-refractivity contribution in [2.24, 2.45) is 0 Å². The monoisotopic (exact) mass is 356 g/mol. The van der Waals surface area contributed by atoms with Crippen LogP contribution in [0.3, 0.4) is 0 Å². The lowest BCUT2D eigenvalue weighted by molar-refractivity contribution is -0.147. The van der Waals surface area contributed by atoms with Crippen LogP contribution in [-0.2, 0) is 9.53 Å². The number of aliphatic hydroxyl groups excluding tert-OH is 2. The van der Waals surface area contributed by atoms with Crippen molar-refractivity contribution in [1.29, 1.82) is 0 Å². The summed E-state index contributed by atoms with van der Waals surface area (Å²) in [6.07, 6.45) is 20.1. The summed E-state index contributed by atoms with van der Waals surface area (Å²) in [5.74, 6) is -0.282. The van der Waals surface area contributed by atoms with Crippen molar-refractivity contribution in [1.82, 2.24) is 0 Å². The second-order valence-electron chi connectivity index (χ2n) is 6.85. The molecule has 4 heteroatoms. The molecule has 0 bridgehead atoms. The molecule has 0 saturated carbocycles. The van der Waals surface area contributed by atoms with E-state index in [1.54, 1.807) is 0 Å². The van der Waals surface area contributed by atoms with E-state index in [0.29, 0.717) is 6.42 Å². The van der Waals surface area contributed by atoms with E-state index in [2.05, 4.69) is 19.1 Å². The molecule has 25 heavy (non-hydrogen) atoms. The van der Waals surface area contributed by atoms with Crippen molar-refractivity contribution >= 4 is 5.97 Å². The molecule has 0 aliphatic carbocycles. The molecule has 0 aromatic rings. The zero-order valence-electron chi connectivity index (χ0n) is 16.3. The van der Waals surface area contributed by atoms with Crippen LogP contribution in [0.4, 0.5) is 0 Å². The maximum absolute atomic E-state index is 11.4. The van der Waals surface area contributed by atoms with Gasteiger partial charge in [-0.15, -0.1) is 0 Å². The first kappa shape index (κ1) is 24.1. The minimum atomic E-state index is -0.958. The number of ether oxygens (including phenoxy) is 1. The van der Waals surface area contributed by atoms with Crippen LogP contribution in [0.15, 0.2) is 12.2 Å². The molecule has 0 aromatic carbocycles. The number of hydrogen-bond acceptors (Lipinski definition) is 4. The van der Waals surface area contributed by atoms with Crippen LogP contribution in [0, 0.1) is 0 Å². The highest BCUT2D eigenvalue weighted by atomic mass is 16.5. The van der Waals surface area contributed by atoms with E-state index in [1.165, 1.54) is 70.6 Å². The van der Waals surface area contributed by atoms with E-state index in [1.807, 2.05) is 0 Å². The lowest BCUT2D eigenvalue weighted by Gasteiger charge is -2.08. The fourth-order valence-electron chi connectivity index (χ4n) is 2.65. The molecule has 0 radical (unpaired) electrons. The van der Waals surface area contributed by atoms with Gasteiger partial charge < -0.3 is 14.9 Å². The SMILES string of the molecule is CCCCC/C=C\CCCCCCCCCCC(=O)OC[C@H](O)CO. The van der Waals surface area contributed by atoms with Crippen LogP contribution >= 0.6 is 0 Å². The van der Waals surface area contributed by atoms with Crippen LogP contribution in [0.5, 0.6) is 0 Å². The van der Waals surface area contributed by atoms with Gasteiger partial charge in [0.2, 0.25) is 0 Å². The highest BCUT2D eigenvalue weighted by Gasteiger charge is 2.07. The molecule has 1 atom stereocenters. The highest BCUT2D eigenvalue weighted by Crippen LogP contribution is 2.11. The van der Waals surface area contributed by atoms with Crippen molar-refractivity contribution in [2.45, 2.75) is 103 Å². The quantitative estimate of drug-likeness (QED) is 0.208. The zero-order chi connectivity index (χ0) is 18.6. The normalized spacial score (nSPS) is 12.6. The molecule has 148 valence electrons. The minimum absolute atomic E-state index is 0.108. The summed E-state index contributed by atoms with van der Waals surface area (Å²) < 4.78 is 4.86. The third-order valence-corrected chi connectivity index (χ3v) is 4.29. The molecule has 4 nitrogen and oxygen atoms in total. The van der Waals surface area contributed by atoms with Crippen molar-refractivity contribution in [3.63, 3.8) is 0 Å². The molecule has 0 spiro atoms. The predicted molar refractivity (Wildman–Crippen MR) is 104 cm³/mol. The summed E-state index contributed by atoms with van der Waals surface area (Å²) >= 11 is 0. The molecule has 2 N–H and O–H groups in total. The van der Waals surface area contributed by atoms with Gasteiger partial charge in [-0.3, -0.25) is 4.79 Å². The molecular formula is C21H40O4. The maximum Gasteiger partial charge on any atom is 0.305 e. The zero-order valence-corrected chi connectivity index (χ0v) is 16.3. The summed E-state index contributed by atoms with van der Waals surface area (Å²) in [4.78, 5) is 11.4. The molecule has 0 rings (SSSR count). The van der Waals surface area contributed by atoms with Crippen LogP contribution in [0.1, 0.15) is 96.8 Å². The first-order valence-corrected chi connectivity index (χ1v) is 10.3. The van der Waals surface area contributed by atoms with Gasteiger partial charge in [0.1, 0.15) is 12.7 Å². The Morgan fingerprint density at radius 2 is 1.40 bits per heavy atom. The van der Waals surface area contributed by atoms with Gasteiger partial charge in [0, 0.05) is 6.42 Å². The molecule has 0 heterocycles. The Morgan fingerprint density at radius 3 is 1.96 bits per heavy atom. The van der Waals surface area contributed by atoms with Crippen molar-refractivity contribution < 1.29 is 19.7 Å². The van der Waals surface area contributed by atoms with E-state index in [-0.39, 0.29) is 19.2 Å². The Hall–Kier alpha value is -0.870. The summed E-state index contributed by atoms with van der Waals surface area (Å²) in [5, 5.41) is 17.7. The van der Waals surface area contributed by atoms with Gasteiger partial charge in [0.15, 0.2) is 0 Å². The first-order chi connectivity index (χ1) is 12.2. The standard InChI is InChI=1S/C21H40O4/c1-2-3-4-5-6-7-8-9-10-11-12-13-14-15-16-17-21(24)25-19-20(23)18-22/h6-7,20,22-23H,2-5,8-19H2,1H3/b7-6-/t20-/m1/s1. The average molecular weight is 357 g/mol. The first-order valence-electron chi connectivity index (χ1n) is 10.3. The van der Waals surface area contributed by atoms with Crippen molar-refractivity contribution in [2.75, 3.05) is 13.2 Å². The minimum Gasteiger partial charge on any atom is -0.463 e. The van der Waals surface area contributed by atoms with Gasteiger partial charge in [-0.1, -0.05) is 70.4 Å². The fourth-order valence-corrected chi connectivity index (χ4v) is 2.65. The fraction of sp³-hybridized carbons (Fsp3) is 0.857. The van der Waals surface area contributed by atoms with Crippen molar-refractivity contribution in [3.8, 4) is 0 Å². The second kappa shape index (κ2) is 19.5. The number of esters is 1. The molecule has 0 aromatic heterocycles. The molecule has 0 amide bonds. The summed E-state index contributed by atoms with van der Waals surface area (Å²) in [5.41, 5.74) is 0. The van der Waals surface area contributed by atoms with Gasteiger partial charge in [-0.2, -0.15) is 0 Å².